The number of carbonyl (C=O) groups excluding carboxylic acids is 2. The van der Waals surface area contributed by atoms with Gasteiger partial charge in [-0.15, -0.1) is 0 Å². The van der Waals surface area contributed by atoms with Gasteiger partial charge in [0.2, 0.25) is 5.91 Å². The lowest BCUT2D eigenvalue weighted by molar-refractivity contribution is -0.118. The van der Waals surface area contributed by atoms with Crippen LogP contribution in [0.4, 0.5) is 5.69 Å². The van der Waals surface area contributed by atoms with E-state index in [9.17, 15) is 9.59 Å². The first kappa shape index (κ1) is 18.1. The lowest BCUT2D eigenvalue weighted by Crippen LogP contribution is -2.44. The van der Waals surface area contributed by atoms with Gasteiger partial charge in [0, 0.05) is 12.2 Å². The fraction of sp³-hybridized carbons (Fsp3) is 0.333. The minimum absolute atomic E-state index is 0.0791. The molecule has 1 aliphatic heterocycles. The Morgan fingerprint density at radius 2 is 1.69 bits per heavy atom. The number of esters is 1. The Morgan fingerprint density at radius 1 is 1.04 bits per heavy atom. The number of benzene rings is 2. The molecule has 0 aliphatic carbocycles. The van der Waals surface area contributed by atoms with Crippen molar-refractivity contribution in [1.29, 1.82) is 0 Å². The predicted molar refractivity (Wildman–Crippen MR) is 101 cm³/mol. The number of amides is 1. The molecule has 136 valence electrons. The van der Waals surface area contributed by atoms with Crippen molar-refractivity contribution < 1.29 is 14.3 Å². The van der Waals surface area contributed by atoms with Crippen molar-refractivity contribution in [1.82, 2.24) is 5.32 Å². The molecule has 0 aromatic heterocycles. The molecule has 1 heterocycles. The average molecular weight is 352 g/mol. The summed E-state index contributed by atoms with van der Waals surface area (Å²) in [5, 5.41) is 6.17. The summed E-state index contributed by atoms with van der Waals surface area (Å²) in [6.07, 6.45) is 0.665. The summed E-state index contributed by atoms with van der Waals surface area (Å²) in [7, 11) is 0. The van der Waals surface area contributed by atoms with Gasteiger partial charge in [-0.2, -0.15) is 0 Å². The Balaban J connectivity index is 1.61. The second-order valence-electron chi connectivity index (χ2n) is 7.47. The summed E-state index contributed by atoms with van der Waals surface area (Å²) in [6.45, 7) is 6.17. The van der Waals surface area contributed by atoms with E-state index in [1.54, 1.807) is 24.3 Å². The fourth-order valence-corrected chi connectivity index (χ4v) is 2.90. The molecule has 0 saturated carbocycles. The molecular formula is C21H24N2O3. The fourth-order valence-electron chi connectivity index (χ4n) is 2.90. The molecule has 0 radical (unpaired) electrons. The third kappa shape index (κ3) is 4.49. The Labute approximate surface area is 153 Å². The van der Waals surface area contributed by atoms with Crippen LogP contribution in [0.2, 0.25) is 0 Å². The molecule has 26 heavy (non-hydrogen) atoms. The number of hydrogen-bond donors (Lipinski definition) is 2. The van der Waals surface area contributed by atoms with Crippen LogP contribution in [0, 0.1) is 0 Å². The molecule has 1 amide bonds. The Kier molecular flexibility index (Phi) is 5.09. The van der Waals surface area contributed by atoms with E-state index in [2.05, 4.69) is 22.8 Å². The number of carbonyl (C=O) groups is 2. The van der Waals surface area contributed by atoms with Gasteiger partial charge >= 0.3 is 5.97 Å². The van der Waals surface area contributed by atoms with Crippen molar-refractivity contribution >= 4 is 17.6 Å². The molecule has 1 aliphatic rings. The van der Waals surface area contributed by atoms with E-state index in [0.29, 0.717) is 24.2 Å². The largest absolute Gasteiger partial charge is 0.456 e. The van der Waals surface area contributed by atoms with Crippen LogP contribution >= 0.6 is 0 Å². The molecule has 0 saturated heterocycles. The normalized spacial score (nSPS) is 16.5. The van der Waals surface area contributed by atoms with Gasteiger partial charge in [-0.25, -0.2) is 4.79 Å². The molecular weight excluding hydrogens is 328 g/mol. The zero-order chi connectivity index (χ0) is 18.7. The Hall–Kier alpha value is -2.66. The maximum atomic E-state index is 12.5. The van der Waals surface area contributed by atoms with E-state index in [-0.39, 0.29) is 17.9 Å². The smallest absolute Gasteiger partial charge is 0.338 e. The third-order valence-corrected chi connectivity index (χ3v) is 4.18. The number of hydrogen-bond acceptors (Lipinski definition) is 4. The monoisotopic (exact) mass is 352 g/mol. The minimum Gasteiger partial charge on any atom is -0.456 e. The van der Waals surface area contributed by atoms with Crippen LogP contribution in [-0.4, -0.2) is 23.5 Å². The van der Waals surface area contributed by atoms with Crippen molar-refractivity contribution in [2.45, 2.75) is 45.4 Å². The van der Waals surface area contributed by atoms with Crippen molar-refractivity contribution in [3.05, 3.63) is 65.2 Å². The molecule has 5 heteroatoms. The summed E-state index contributed by atoms with van der Waals surface area (Å²) in [5.74, 6) is -0.453. The highest BCUT2D eigenvalue weighted by Gasteiger charge is 2.24. The zero-order valence-corrected chi connectivity index (χ0v) is 15.3. The first-order valence-electron chi connectivity index (χ1n) is 8.76. The molecule has 3 rings (SSSR count). The molecule has 0 unspecified atom stereocenters. The predicted octanol–water partition coefficient (Wildman–Crippen LogP) is 3.29. The van der Waals surface area contributed by atoms with Crippen LogP contribution in [0.15, 0.2) is 48.5 Å². The summed E-state index contributed by atoms with van der Waals surface area (Å²) in [4.78, 5) is 24.6. The van der Waals surface area contributed by atoms with Crippen LogP contribution < -0.4 is 10.6 Å². The minimum atomic E-state index is -0.535. The maximum absolute atomic E-state index is 12.5. The molecule has 5 nitrogen and oxygen atoms in total. The van der Waals surface area contributed by atoms with E-state index in [1.165, 1.54) is 11.1 Å². The summed E-state index contributed by atoms with van der Waals surface area (Å²) >= 11 is 0. The third-order valence-electron chi connectivity index (χ3n) is 4.18. The van der Waals surface area contributed by atoms with Crippen LogP contribution in [0.1, 0.15) is 42.3 Å². The van der Waals surface area contributed by atoms with E-state index < -0.39 is 5.60 Å². The van der Waals surface area contributed by atoms with Crippen molar-refractivity contribution in [3.63, 3.8) is 0 Å². The van der Waals surface area contributed by atoms with Gasteiger partial charge in [-0.1, -0.05) is 24.3 Å². The van der Waals surface area contributed by atoms with E-state index in [4.69, 9.17) is 4.74 Å². The molecule has 2 aromatic carbocycles. The molecule has 2 aromatic rings. The van der Waals surface area contributed by atoms with Crippen LogP contribution in [0.5, 0.6) is 0 Å². The molecule has 0 spiro atoms. The van der Waals surface area contributed by atoms with Gasteiger partial charge in [-0.05, 0) is 62.6 Å². The van der Waals surface area contributed by atoms with E-state index >= 15 is 0 Å². The zero-order valence-electron chi connectivity index (χ0n) is 15.3. The molecule has 2 N–H and O–H groups in total. The number of rotatable bonds is 3. The highest BCUT2D eigenvalue weighted by Crippen LogP contribution is 2.18. The van der Waals surface area contributed by atoms with Crippen molar-refractivity contribution in [2.75, 3.05) is 5.32 Å². The SMILES string of the molecule is CC(C)(C)OC(=O)c1ccc(NC(=O)[C@@H]2Cc3ccccc3CN2)cc1. The standard InChI is InChI=1S/C21H24N2O3/c1-21(2,3)26-20(25)14-8-10-17(11-9-14)23-19(24)18-12-15-6-4-5-7-16(15)13-22-18/h4-11,18,22H,12-13H2,1-3H3,(H,23,24)/t18-/m0/s1. The van der Waals surface area contributed by atoms with Crippen LogP contribution in [0.3, 0.4) is 0 Å². The second-order valence-corrected chi connectivity index (χ2v) is 7.47. The van der Waals surface area contributed by atoms with E-state index in [0.717, 1.165) is 0 Å². The quantitative estimate of drug-likeness (QED) is 0.832. The van der Waals surface area contributed by atoms with E-state index in [1.807, 2.05) is 32.9 Å². The summed E-state index contributed by atoms with van der Waals surface area (Å²) in [6, 6.07) is 14.6. The van der Waals surface area contributed by atoms with Crippen molar-refractivity contribution in [3.8, 4) is 0 Å². The first-order chi connectivity index (χ1) is 12.3. The number of anilines is 1. The van der Waals surface area contributed by atoms with Gasteiger partial charge in [0.25, 0.3) is 0 Å². The lowest BCUT2D eigenvalue weighted by atomic mass is 9.95. The van der Waals surface area contributed by atoms with Gasteiger partial charge < -0.3 is 15.4 Å². The lowest BCUT2D eigenvalue weighted by Gasteiger charge is -2.25. The summed E-state index contributed by atoms with van der Waals surface area (Å²) in [5.41, 5.74) is 3.02. The molecule has 1 atom stereocenters. The van der Waals surface area contributed by atoms with Gasteiger partial charge in [-0.3, -0.25) is 4.79 Å². The Bertz CT molecular complexity index is 807. The van der Waals surface area contributed by atoms with Gasteiger partial charge in [0.05, 0.1) is 11.6 Å². The maximum Gasteiger partial charge on any atom is 0.338 e. The Morgan fingerprint density at radius 3 is 2.35 bits per heavy atom. The van der Waals surface area contributed by atoms with Gasteiger partial charge in [0.15, 0.2) is 0 Å². The second kappa shape index (κ2) is 7.30. The molecule has 0 bridgehead atoms. The topological polar surface area (TPSA) is 67.4 Å². The number of ether oxygens (including phenoxy) is 1. The summed E-state index contributed by atoms with van der Waals surface area (Å²) < 4.78 is 5.34. The first-order valence-corrected chi connectivity index (χ1v) is 8.76. The molecule has 0 fully saturated rings. The average Bonchev–Trinajstić information content (AvgIpc) is 2.60. The van der Waals surface area contributed by atoms with Crippen LogP contribution in [0.25, 0.3) is 0 Å². The van der Waals surface area contributed by atoms with Crippen LogP contribution in [-0.2, 0) is 22.5 Å². The number of fused-ring (bicyclic) bond motifs is 1. The highest BCUT2D eigenvalue weighted by molar-refractivity contribution is 5.96. The highest BCUT2D eigenvalue weighted by atomic mass is 16.6. The van der Waals surface area contributed by atoms with Crippen molar-refractivity contribution in [2.24, 2.45) is 0 Å². The van der Waals surface area contributed by atoms with Gasteiger partial charge in [0.1, 0.15) is 5.60 Å². The number of nitrogens with one attached hydrogen (secondary N) is 2.